The van der Waals surface area contributed by atoms with E-state index < -0.39 is 0 Å². The van der Waals surface area contributed by atoms with Gasteiger partial charge < -0.3 is 15.8 Å². The van der Waals surface area contributed by atoms with Gasteiger partial charge in [0.25, 0.3) is 0 Å². The SMILES string of the molecule is CCCCc1ccc(NC(=O)CSc2nc(-c3ccc(OC)cc3)c(N)s2)cc1. The summed E-state index contributed by atoms with van der Waals surface area (Å²) < 4.78 is 5.96. The Balaban J connectivity index is 1.55. The Kier molecular flexibility index (Phi) is 7.55. The van der Waals surface area contributed by atoms with Crippen molar-refractivity contribution in [1.29, 1.82) is 0 Å². The molecule has 1 heterocycles. The fourth-order valence-electron chi connectivity index (χ4n) is 2.79. The summed E-state index contributed by atoms with van der Waals surface area (Å²) in [6, 6.07) is 15.7. The monoisotopic (exact) mass is 427 g/mol. The average Bonchev–Trinajstić information content (AvgIpc) is 3.12. The van der Waals surface area contributed by atoms with Gasteiger partial charge in [-0.2, -0.15) is 0 Å². The number of thiazole rings is 1. The molecule has 0 aliphatic heterocycles. The molecule has 5 nitrogen and oxygen atoms in total. The largest absolute Gasteiger partial charge is 0.497 e. The van der Waals surface area contributed by atoms with Crippen molar-refractivity contribution in [2.24, 2.45) is 0 Å². The molecule has 1 amide bonds. The zero-order valence-electron chi connectivity index (χ0n) is 16.6. The number of nitrogens with one attached hydrogen (secondary N) is 1. The Hall–Kier alpha value is -2.51. The lowest BCUT2D eigenvalue weighted by atomic mass is 10.1. The van der Waals surface area contributed by atoms with Gasteiger partial charge >= 0.3 is 0 Å². The van der Waals surface area contributed by atoms with Crippen molar-refractivity contribution in [3.8, 4) is 17.0 Å². The minimum atomic E-state index is -0.0592. The Bertz CT molecular complexity index is 938. The predicted octanol–water partition coefficient (Wildman–Crippen LogP) is 5.47. The van der Waals surface area contributed by atoms with Crippen LogP contribution >= 0.6 is 23.1 Å². The molecule has 3 aromatic rings. The number of methoxy groups -OCH3 is 1. The second kappa shape index (κ2) is 10.3. The van der Waals surface area contributed by atoms with E-state index in [1.54, 1.807) is 7.11 Å². The summed E-state index contributed by atoms with van der Waals surface area (Å²) in [6.07, 6.45) is 3.43. The van der Waals surface area contributed by atoms with Crippen molar-refractivity contribution in [2.45, 2.75) is 30.5 Å². The van der Waals surface area contributed by atoms with E-state index in [0.29, 0.717) is 5.00 Å². The fraction of sp³-hybridized carbons (Fsp3) is 0.273. The first kappa shape index (κ1) is 21.2. The number of aromatic nitrogens is 1. The fourth-order valence-corrected chi connectivity index (χ4v) is 4.54. The second-order valence-electron chi connectivity index (χ2n) is 6.56. The highest BCUT2D eigenvalue weighted by molar-refractivity contribution is 8.01. The molecular formula is C22H25N3O2S2. The molecule has 3 rings (SSSR count). The number of nitrogens with zero attached hydrogens (tertiary/aromatic N) is 1. The quantitative estimate of drug-likeness (QED) is 0.443. The lowest BCUT2D eigenvalue weighted by Gasteiger charge is -2.06. The summed E-state index contributed by atoms with van der Waals surface area (Å²) in [6.45, 7) is 2.18. The van der Waals surface area contributed by atoms with Crippen molar-refractivity contribution in [3.05, 3.63) is 54.1 Å². The van der Waals surface area contributed by atoms with Crippen LogP contribution in [-0.2, 0) is 11.2 Å². The standard InChI is InChI=1S/C22H25N3O2S2/c1-3-4-5-15-6-10-17(11-7-15)24-19(26)14-28-22-25-20(21(23)29-22)16-8-12-18(27-2)13-9-16/h6-13H,3-5,14,23H2,1-2H3,(H,24,26). The van der Waals surface area contributed by atoms with E-state index in [1.807, 2.05) is 36.4 Å². The van der Waals surface area contributed by atoms with Crippen LogP contribution in [-0.4, -0.2) is 23.8 Å². The number of nitrogens with two attached hydrogens (primary N) is 1. The maximum atomic E-state index is 12.3. The number of unbranched alkanes of at least 4 members (excludes halogenated alkanes) is 1. The van der Waals surface area contributed by atoms with Crippen molar-refractivity contribution in [3.63, 3.8) is 0 Å². The van der Waals surface area contributed by atoms with Crippen LogP contribution in [0.15, 0.2) is 52.9 Å². The first-order valence-electron chi connectivity index (χ1n) is 9.51. The number of ether oxygens (including phenoxy) is 1. The van der Waals surface area contributed by atoms with Gasteiger partial charge in [0.2, 0.25) is 5.91 Å². The van der Waals surface area contributed by atoms with Crippen LogP contribution in [0.4, 0.5) is 10.7 Å². The molecular weight excluding hydrogens is 402 g/mol. The number of rotatable bonds is 9. The van der Waals surface area contributed by atoms with E-state index in [9.17, 15) is 4.79 Å². The molecule has 2 aromatic carbocycles. The Labute approximate surface area is 179 Å². The molecule has 1 aromatic heterocycles. The van der Waals surface area contributed by atoms with Crippen molar-refractivity contribution in [2.75, 3.05) is 23.9 Å². The molecule has 0 saturated carbocycles. The van der Waals surface area contributed by atoms with Gasteiger partial charge in [0, 0.05) is 11.3 Å². The summed E-state index contributed by atoms with van der Waals surface area (Å²) >= 11 is 2.79. The van der Waals surface area contributed by atoms with E-state index in [2.05, 4.69) is 29.4 Å². The van der Waals surface area contributed by atoms with E-state index in [1.165, 1.54) is 41.5 Å². The number of anilines is 2. The number of thioether (sulfide) groups is 1. The zero-order valence-corrected chi connectivity index (χ0v) is 18.2. The second-order valence-corrected chi connectivity index (χ2v) is 8.81. The summed E-state index contributed by atoms with van der Waals surface area (Å²) in [5.41, 5.74) is 9.91. The average molecular weight is 428 g/mol. The van der Waals surface area contributed by atoms with Crippen LogP contribution in [0.2, 0.25) is 0 Å². The Morgan fingerprint density at radius 1 is 1.17 bits per heavy atom. The van der Waals surface area contributed by atoms with Gasteiger partial charge in [-0.1, -0.05) is 48.6 Å². The summed E-state index contributed by atoms with van der Waals surface area (Å²) in [5, 5.41) is 3.57. The van der Waals surface area contributed by atoms with Crippen LogP contribution in [0, 0.1) is 0 Å². The van der Waals surface area contributed by atoms with Crippen LogP contribution in [0.5, 0.6) is 5.75 Å². The number of amides is 1. The van der Waals surface area contributed by atoms with Crippen molar-refractivity contribution in [1.82, 2.24) is 4.98 Å². The molecule has 0 atom stereocenters. The molecule has 0 radical (unpaired) electrons. The molecule has 3 N–H and O–H groups in total. The highest BCUT2D eigenvalue weighted by Crippen LogP contribution is 2.35. The van der Waals surface area contributed by atoms with Gasteiger partial charge in [-0.25, -0.2) is 4.98 Å². The normalized spacial score (nSPS) is 10.7. The summed E-state index contributed by atoms with van der Waals surface area (Å²) in [5.74, 6) is 1.01. The van der Waals surface area contributed by atoms with Crippen molar-refractivity contribution < 1.29 is 9.53 Å². The van der Waals surface area contributed by atoms with Gasteiger partial charge in [-0.05, 0) is 54.8 Å². The van der Waals surface area contributed by atoms with Crippen molar-refractivity contribution >= 4 is 39.7 Å². The van der Waals surface area contributed by atoms with Crippen LogP contribution in [0.1, 0.15) is 25.3 Å². The molecule has 0 spiro atoms. The number of carbonyl (C=O) groups excluding carboxylic acids is 1. The van der Waals surface area contributed by atoms with E-state index in [0.717, 1.165) is 33.5 Å². The van der Waals surface area contributed by atoms with Gasteiger partial charge in [0.1, 0.15) is 16.4 Å². The van der Waals surface area contributed by atoms with Gasteiger partial charge in [-0.3, -0.25) is 4.79 Å². The van der Waals surface area contributed by atoms with Gasteiger partial charge in [-0.15, -0.1) is 0 Å². The first-order valence-corrected chi connectivity index (χ1v) is 11.3. The number of hydrogen-bond donors (Lipinski definition) is 2. The van der Waals surface area contributed by atoms with Crippen LogP contribution in [0.3, 0.4) is 0 Å². The molecule has 0 unspecified atom stereocenters. The molecule has 152 valence electrons. The number of benzene rings is 2. The predicted molar refractivity (Wildman–Crippen MR) is 123 cm³/mol. The molecule has 0 saturated heterocycles. The number of hydrogen-bond acceptors (Lipinski definition) is 6. The third kappa shape index (κ3) is 5.98. The minimum Gasteiger partial charge on any atom is -0.497 e. The third-order valence-corrected chi connectivity index (χ3v) is 6.41. The molecule has 0 fully saturated rings. The van der Waals surface area contributed by atoms with Crippen LogP contribution in [0.25, 0.3) is 11.3 Å². The topological polar surface area (TPSA) is 77.2 Å². The highest BCUT2D eigenvalue weighted by Gasteiger charge is 2.13. The highest BCUT2D eigenvalue weighted by atomic mass is 32.2. The number of carbonyl (C=O) groups is 1. The van der Waals surface area contributed by atoms with Gasteiger partial charge in [0.05, 0.1) is 12.9 Å². The molecule has 0 aliphatic rings. The summed E-state index contributed by atoms with van der Waals surface area (Å²) in [4.78, 5) is 16.9. The maximum absolute atomic E-state index is 12.3. The molecule has 0 bridgehead atoms. The smallest absolute Gasteiger partial charge is 0.234 e. The summed E-state index contributed by atoms with van der Waals surface area (Å²) in [7, 11) is 1.63. The van der Waals surface area contributed by atoms with E-state index in [-0.39, 0.29) is 11.7 Å². The lowest BCUT2D eigenvalue weighted by molar-refractivity contribution is -0.113. The van der Waals surface area contributed by atoms with E-state index >= 15 is 0 Å². The van der Waals surface area contributed by atoms with Gasteiger partial charge in [0.15, 0.2) is 4.34 Å². The Morgan fingerprint density at radius 3 is 2.55 bits per heavy atom. The maximum Gasteiger partial charge on any atom is 0.234 e. The van der Waals surface area contributed by atoms with Crippen LogP contribution < -0.4 is 15.8 Å². The molecule has 29 heavy (non-hydrogen) atoms. The zero-order chi connectivity index (χ0) is 20.6. The lowest BCUT2D eigenvalue weighted by Crippen LogP contribution is -2.13. The molecule has 7 heteroatoms. The number of nitrogen functional groups attached to an aromatic ring is 1. The third-order valence-electron chi connectivity index (χ3n) is 4.38. The first-order chi connectivity index (χ1) is 14.1. The minimum absolute atomic E-state index is 0.0592. The number of aryl methyl sites for hydroxylation is 1. The van der Waals surface area contributed by atoms with E-state index in [4.69, 9.17) is 10.5 Å². The molecule has 0 aliphatic carbocycles. The Morgan fingerprint density at radius 2 is 1.90 bits per heavy atom.